The van der Waals surface area contributed by atoms with E-state index in [0.717, 1.165) is 12.5 Å². The first-order valence-electron chi connectivity index (χ1n) is 6.89. The highest BCUT2D eigenvalue weighted by molar-refractivity contribution is 5.27. The molecule has 1 aromatic rings. The number of rotatable bonds is 5. The first-order valence-corrected chi connectivity index (χ1v) is 6.89. The Balaban J connectivity index is 1.44. The fourth-order valence-electron chi connectivity index (χ4n) is 2.57. The smallest absolute Gasteiger partial charge is 0.0790 e. The molecule has 2 fully saturated rings. The normalized spacial score (nSPS) is 20.9. The summed E-state index contributed by atoms with van der Waals surface area (Å²) in [5, 5.41) is 0. The van der Waals surface area contributed by atoms with Gasteiger partial charge in [0.15, 0.2) is 0 Å². The van der Waals surface area contributed by atoms with E-state index in [2.05, 4.69) is 29.7 Å². The molecule has 2 aliphatic rings. The fraction of sp³-hybridized carbons (Fsp3) is 0.600. The highest BCUT2D eigenvalue weighted by Gasteiger charge is 2.22. The summed E-state index contributed by atoms with van der Waals surface area (Å²) >= 11 is 0. The van der Waals surface area contributed by atoms with E-state index >= 15 is 0 Å². The van der Waals surface area contributed by atoms with Gasteiger partial charge in [0, 0.05) is 6.54 Å². The van der Waals surface area contributed by atoms with Crippen molar-refractivity contribution in [2.45, 2.75) is 57.1 Å². The summed E-state index contributed by atoms with van der Waals surface area (Å²) in [6.45, 7) is 0.821. The lowest BCUT2D eigenvalue weighted by atomic mass is 10.1. The van der Waals surface area contributed by atoms with Crippen LogP contribution >= 0.6 is 0 Å². The maximum Gasteiger partial charge on any atom is 0.0790 e. The Kier molecular flexibility index (Phi) is 3.44. The highest BCUT2D eigenvalue weighted by atomic mass is 16.7. The Morgan fingerprint density at radius 1 is 1.00 bits per heavy atom. The van der Waals surface area contributed by atoms with Crippen LogP contribution in [0.25, 0.3) is 0 Å². The number of hydroxylamine groups is 1. The predicted molar refractivity (Wildman–Crippen MR) is 68.6 cm³/mol. The quantitative estimate of drug-likeness (QED) is 0.783. The molecular formula is C15H21NO. The fourth-order valence-corrected chi connectivity index (χ4v) is 2.57. The van der Waals surface area contributed by atoms with Gasteiger partial charge in [-0.15, -0.1) is 0 Å². The van der Waals surface area contributed by atoms with Crippen LogP contribution in [0.4, 0.5) is 0 Å². The highest BCUT2D eigenvalue weighted by Crippen LogP contribution is 2.39. The molecule has 2 heteroatoms. The van der Waals surface area contributed by atoms with Crippen molar-refractivity contribution in [2.24, 2.45) is 0 Å². The number of hydrogen-bond donors (Lipinski definition) is 1. The second-order valence-electron chi connectivity index (χ2n) is 5.36. The third-order valence-electron chi connectivity index (χ3n) is 3.86. The maximum absolute atomic E-state index is 5.65. The molecule has 0 amide bonds. The molecule has 0 unspecified atom stereocenters. The average molecular weight is 231 g/mol. The largest absolute Gasteiger partial charge is 0.298 e. The van der Waals surface area contributed by atoms with Gasteiger partial charge in [-0.1, -0.05) is 37.1 Å². The summed E-state index contributed by atoms with van der Waals surface area (Å²) in [6.07, 6.45) is 8.28. The Bertz CT molecular complexity index is 350. The maximum atomic E-state index is 5.65. The lowest BCUT2D eigenvalue weighted by Crippen LogP contribution is -2.21. The molecule has 2 saturated carbocycles. The molecule has 0 saturated heterocycles. The standard InChI is InChI=1S/C15H21NO/c1-2-4-15(3-1)17-16-11-12-5-7-13(8-6-12)14-9-10-14/h5-8,14-16H,1-4,9-11H2. The van der Waals surface area contributed by atoms with Crippen molar-refractivity contribution in [1.82, 2.24) is 5.48 Å². The molecule has 1 aromatic carbocycles. The van der Waals surface area contributed by atoms with Crippen molar-refractivity contribution in [2.75, 3.05) is 0 Å². The summed E-state index contributed by atoms with van der Waals surface area (Å²) in [5.41, 5.74) is 5.93. The second-order valence-corrected chi connectivity index (χ2v) is 5.36. The average Bonchev–Trinajstić information content (AvgIpc) is 3.08. The van der Waals surface area contributed by atoms with Gasteiger partial charge in [0.1, 0.15) is 0 Å². The van der Waals surface area contributed by atoms with Gasteiger partial charge in [-0.05, 0) is 42.7 Å². The van der Waals surface area contributed by atoms with Gasteiger partial charge in [0.05, 0.1) is 6.10 Å². The van der Waals surface area contributed by atoms with Gasteiger partial charge in [-0.2, -0.15) is 5.48 Å². The van der Waals surface area contributed by atoms with E-state index in [9.17, 15) is 0 Å². The topological polar surface area (TPSA) is 21.3 Å². The molecule has 0 spiro atoms. The zero-order valence-electron chi connectivity index (χ0n) is 10.3. The lowest BCUT2D eigenvalue weighted by molar-refractivity contribution is -0.0244. The van der Waals surface area contributed by atoms with E-state index in [1.165, 1.54) is 49.7 Å². The van der Waals surface area contributed by atoms with Gasteiger partial charge in [-0.3, -0.25) is 4.84 Å². The third-order valence-corrected chi connectivity index (χ3v) is 3.86. The molecule has 2 nitrogen and oxygen atoms in total. The third kappa shape index (κ3) is 3.08. The van der Waals surface area contributed by atoms with Crippen LogP contribution in [0.2, 0.25) is 0 Å². The van der Waals surface area contributed by atoms with Gasteiger partial charge >= 0.3 is 0 Å². The van der Waals surface area contributed by atoms with Gasteiger partial charge in [0.25, 0.3) is 0 Å². The number of nitrogens with one attached hydrogen (secondary N) is 1. The molecule has 0 aromatic heterocycles. The van der Waals surface area contributed by atoms with Crippen LogP contribution in [0.15, 0.2) is 24.3 Å². The molecule has 0 bridgehead atoms. The Labute approximate surface area is 103 Å². The Morgan fingerprint density at radius 3 is 2.35 bits per heavy atom. The van der Waals surface area contributed by atoms with Crippen molar-refractivity contribution in [3.05, 3.63) is 35.4 Å². The summed E-state index contributed by atoms with van der Waals surface area (Å²) in [6, 6.07) is 8.98. The van der Waals surface area contributed by atoms with Crippen LogP contribution in [-0.4, -0.2) is 6.10 Å². The Morgan fingerprint density at radius 2 is 1.71 bits per heavy atom. The first kappa shape index (κ1) is 11.2. The molecule has 17 heavy (non-hydrogen) atoms. The lowest BCUT2D eigenvalue weighted by Gasteiger charge is -2.11. The number of hydrogen-bond acceptors (Lipinski definition) is 2. The molecule has 0 atom stereocenters. The summed E-state index contributed by atoms with van der Waals surface area (Å²) in [4.78, 5) is 5.65. The second kappa shape index (κ2) is 5.19. The molecule has 92 valence electrons. The zero-order valence-corrected chi connectivity index (χ0v) is 10.3. The minimum absolute atomic E-state index is 0.445. The van der Waals surface area contributed by atoms with Crippen molar-refractivity contribution in [3.8, 4) is 0 Å². The van der Waals surface area contributed by atoms with Crippen molar-refractivity contribution < 1.29 is 4.84 Å². The summed E-state index contributed by atoms with van der Waals surface area (Å²) in [5.74, 6) is 0.853. The van der Waals surface area contributed by atoms with Crippen molar-refractivity contribution in [3.63, 3.8) is 0 Å². The monoisotopic (exact) mass is 231 g/mol. The minimum Gasteiger partial charge on any atom is -0.298 e. The van der Waals surface area contributed by atoms with Crippen LogP contribution < -0.4 is 5.48 Å². The van der Waals surface area contributed by atoms with Crippen LogP contribution in [0.1, 0.15) is 55.6 Å². The van der Waals surface area contributed by atoms with E-state index in [1.807, 2.05) is 0 Å². The molecule has 2 aliphatic carbocycles. The number of benzene rings is 1. The summed E-state index contributed by atoms with van der Waals surface area (Å²) < 4.78 is 0. The Hall–Kier alpha value is -0.860. The van der Waals surface area contributed by atoms with E-state index in [4.69, 9.17) is 4.84 Å². The van der Waals surface area contributed by atoms with E-state index in [-0.39, 0.29) is 0 Å². The summed E-state index contributed by atoms with van der Waals surface area (Å²) in [7, 11) is 0. The van der Waals surface area contributed by atoms with Gasteiger partial charge < -0.3 is 0 Å². The van der Waals surface area contributed by atoms with Crippen LogP contribution in [-0.2, 0) is 11.4 Å². The molecule has 3 rings (SSSR count). The minimum atomic E-state index is 0.445. The van der Waals surface area contributed by atoms with Gasteiger partial charge in [-0.25, -0.2) is 0 Å². The van der Waals surface area contributed by atoms with Crippen molar-refractivity contribution >= 4 is 0 Å². The SMILES string of the molecule is c1cc(C2CC2)ccc1CNOC1CCCC1. The van der Waals surface area contributed by atoms with Crippen LogP contribution in [0.5, 0.6) is 0 Å². The van der Waals surface area contributed by atoms with Crippen LogP contribution in [0.3, 0.4) is 0 Å². The predicted octanol–water partition coefficient (Wildman–Crippen LogP) is 3.53. The zero-order chi connectivity index (χ0) is 11.5. The molecule has 0 radical (unpaired) electrons. The molecule has 1 N–H and O–H groups in total. The van der Waals surface area contributed by atoms with Crippen LogP contribution in [0, 0.1) is 0 Å². The van der Waals surface area contributed by atoms with Crippen molar-refractivity contribution in [1.29, 1.82) is 0 Å². The van der Waals surface area contributed by atoms with E-state index in [1.54, 1.807) is 0 Å². The first-order chi connectivity index (χ1) is 8.42. The van der Waals surface area contributed by atoms with E-state index < -0.39 is 0 Å². The molecule has 0 heterocycles. The molecular weight excluding hydrogens is 210 g/mol. The van der Waals surface area contributed by atoms with E-state index in [0.29, 0.717) is 6.10 Å². The molecule has 0 aliphatic heterocycles. The van der Waals surface area contributed by atoms with Gasteiger partial charge in [0.2, 0.25) is 0 Å².